The van der Waals surface area contributed by atoms with Crippen molar-refractivity contribution >= 4 is 46.6 Å². The zero-order valence-electron chi connectivity index (χ0n) is 24.9. The van der Waals surface area contributed by atoms with Crippen LogP contribution in [0.4, 0.5) is 10.1 Å². The Morgan fingerprint density at radius 2 is 1.80 bits per heavy atom. The standard InChI is InChI=1S/C30H35Cl2FN6O5/c1-36(2)17-19(40)6-10-25(41)38-11-13-39(14-12-38)30(43)20-7-5-18(15-22(20)31)35-29(42)28-34-16-23(37(28)3)21-8-9-24(44-4)26(32)27(21)33/h5,7-9,15-16,19,40H,6,10-14,17H2,1-4H3,(H,35,42)/t19-/m1/s1. The van der Waals surface area contributed by atoms with Crippen LogP contribution < -0.4 is 10.1 Å². The molecular formula is C30H35Cl2FN6O5. The number of nitrogens with zero attached hydrogens (tertiary/aromatic N) is 5. The second-order valence-electron chi connectivity index (χ2n) is 10.7. The molecule has 0 spiro atoms. The molecule has 4 rings (SSSR count). The molecule has 2 N–H and O–H groups in total. The van der Waals surface area contributed by atoms with E-state index in [-0.39, 0.29) is 51.0 Å². The van der Waals surface area contributed by atoms with Crippen molar-refractivity contribution in [3.63, 3.8) is 0 Å². The van der Waals surface area contributed by atoms with Gasteiger partial charge in [-0.3, -0.25) is 14.4 Å². The minimum Gasteiger partial charge on any atom is -0.495 e. The van der Waals surface area contributed by atoms with E-state index in [0.29, 0.717) is 50.5 Å². The number of carbonyl (C=O) groups is 3. The Balaban J connectivity index is 1.36. The van der Waals surface area contributed by atoms with Gasteiger partial charge in [-0.15, -0.1) is 0 Å². The number of ether oxygens (including phenoxy) is 1. The Hall–Kier alpha value is -3.71. The lowest BCUT2D eigenvalue weighted by molar-refractivity contribution is -0.133. The van der Waals surface area contributed by atoms with Crippen molar-refractivity contribution in [1.29, 1.82) is 0 Å². The van der Waals surface area contributed by atoms with E-state index in [2.05, 4.69) is 10.3 Å². The SMILES string of the molecule is COc1ccc(-c2cnc(C(=O)Nc3ccc(C(=O)N4CCN(C(=O)CC[C@@H](O)CN(C)C)CC4)c(Cl)c3)n2C)c(F)c1Cl. The van der Waals surface area contributed by atoms with Gasteiger partial charge in [0, 0.05) is 57.4 Å². The van der Waals surface area contributed by atoms with Gasteiger partial charge in [-0.05, 0) is 50.8 Å². The Morgan fingerprint density at radius 1 is 1.11 bits per heavy atom. The van der Waals surface area contributed by atoms with Crippen LogP contribution in [0.3, 0.4) is 0 Å². The number of hydrogen-bond acceptors (Lipinski definition) is 7. The number of hydrogen-bond donors (Lipinski definition) is 2. The van der Waals surface area contributed by atoms with Gasteiger partial charge in [0.1, 0.15) is 10.8 Å². The lowest BCUT2D eigenvalue weighted by Gasteiger charge is -2.35. The molecule has 0 unspecified atom stereocenters. The molecule has 236 valence electrons. The molecule has 1 saturated heterocycles. The van der Waals surface area contributed by atoms with Gasteiger partial charge in [-0.2, -0.15) is 0 Å². The third kappa shape index (κ3) is 7.49. The number of anilines is 1. The van der Waals surface area contributed by atoms with Crippen LogP contribution in [0.5, 0.6) is 5.75 Å². The number of amides is 3. The first kappa shape index (κ1) is 33.2. The van der Waals surface area contributed by atoms with Crippen molar-refractivity contribution < 1.29 is 28.6 Å². The largest absolute Gasteiger partial charge is 0.495 e. The van der Waals surface area contributed by atoms with Crippen LogP contribution in [0.2, 0.25) is 10.0 Å². The third-order valence-corrected chi connectivity index (χ3v) is 8.04. The fraction of sp³-hybridized carbons (Fsp3) is 0.400. The third-order valence-electron chi connectivity index (χ3n) is 7.38. The molecule has 0 bridgehead atoms. The molecule has 1 aliphatic rings. The number of benzene rings is 2. The van der Waals surface area contributed by atoms with E-state index in [9.17, 15) is 23.9 Å². The Bertz CT molecular complexity index is 1540. The van der Waals surface area contributed by atoms with E-state index in [4.69, 9.17) is 27.9 Å². The smallest absolute Gasteiger partial charge is 0.291 e. The van der Waals surface area contributed by atoms with E-state index in [1.165, 1.54) is 42.1 Å². The Kier molecular flexibility index (Phi) is 10.8. The molecule has 1 fully saturated rings. The molecule has 44 heavy (non-hydrogen) atoms. The summed E-state index contributed by atoms with van der Waals surface area (Å²) in [5.41, 5.74) is 1.09. The zero-order valence-corrected chi connectivity index (χ0v) is 26.5. The highest BCUT2D eigenvalue weighted by molar-refractivity contribution is 6.34. The number of aliphatic hydroxyl groups is 1. The summed E-state index contributed by atoms with van der Waals surface area (Å²) < 4.78 is 21.4. The van der Waals surface area contributed by atoms with E-state index in [1.54, 1.807) is 22.9 Å². The first-order valence-electron chi connectivity index (χ1n) is 14.0. The van der Waals surface area contributed by atoms with Gasteiger partial charge < -0.3 is 34.4 Å². The summed E-state index contributed by atoms with van der Waals surface area (Å²) in [4.78, 5) is 48.1. The van der Waals surface area contributed by atoms with Gasteiger partial charge in [0.15, 0.2) is 11.6 Å². The average Bonchev–Trinajstić information content (AvgIpc) is 3.37. The van der Waals surface area contributed by atoms with Gasteiger partial charge in [-0.1, -0.05) is 23.2 Å². The number of likely N-dealkylation sites (N-methyl/N-ethyl adjacent to an activating group) is 1. The number of nitrogens with one attached hydrogen (secondary N) is 1. The van der Waals surface area contributed by atoms with Gasteiger partial charge >= 0.3 is 0 Å². The van der Waals surface area contributed by atoms with Crippen molar-refractivity contribution in [2.75, 3.05) is 59.2 Å². The number of rotatable bonds is 10. The summed E-state index contributed by atoms with van der Waals surface area (Å²) in [6, 6.07) is 7.58. The molecular weight excluding hydrogens is 614 g/mol. The van der Waals surface area contributed by atoms with E-state index >= 15 is 0 Å². The van der Waals surface area contributed by atoms with E-state index in [0.717, 1.165) is 0 Å². The summed E-state index contributed by atoms with van der Waals surface area (Å²) in [5, 5.41) is 12.7. The summed E-state index contributed by atoms with van der Waals surface area (Å²) in [6.07, 6.45) is 1.42. The second-order valence-corrected chi connectivity index (χ2v) is 11.5. The maximum atomic E-state index is 14.9. The number of piperazine rings is 1. The summed E-state index contributed by atoms with van der Waals surface area (Å²) >= 11 is 12.5. The molecule has 0 aliphatic carbocycles. The molecule has 1 atom stereocenters. The number of methoxy groups -OCH3 is 1. The van der Waals surface area contributed by atoms with Crippen LogP contribution in [0.25, 0.3) is 11.3 Å². The van der Waals surface area contributed by atoms with Gasteiger partial charge in [0.05, 0.1) is 35.7 Å². The minimum atomic E-state index is -0.698. The van der Waals surface area contributed by atoms with Crippen molar-refractivity contribution in [2.45, 2.75) is 18.9 Å². The topological polar surface area (TPSA) is 120 Å². The van der Waals surface area contributed by atoms with Crippen molar-refractivity contribution in [3.8, 4) is 17.0 Å². The lowest BCUT2D eigenvalue weighted by Crippen LogP contribution is -2.50. The molecule has 1 aliphatic heterocycles. The fourth-order valence-electron chi connectivity index (χ4n) is 5.00. The number of aromatic nitrogens is 2. The molecule has 1 aromatic heterocycles. The molecule has 3 aromatic rings. The van der Waals surface area contributed by atoms with Crippen molar-refractivity contribution in [2.24, 2.45) is 7.05 Å². The highest BCUT2D eigenvalue weighted by Gasteiger charge is 2.27. The molecule has 2 heterocycles. The maximum Gasteiger partial charge on any atom is 0.291 e. The van der Waals surface area contributed by atoms with Crippen molar-refractivity contribution in [1.82, 2.24) is 24.3 Å². The van der Waals surface area contributed by atoms with E-state index in [1.807, 2.05) is 19.0 Å². The summed E-state index contributed by atoms with van der Waals surface area (Å²) in [7, 11) is 6.68. The predicted molar refractivity (Wildman–Crippen MR) is 166 cm³/mol. The molecule has 2 aromatic carbocycles. The van der Waals surface area contributed by atoms with Gasteiger partial charge in [-0.25, -0.2) is 9.37 Å². The number of imidazole rings is 1. The molecule has 3 amide bonds. The highest BCUT2D eigenvalue weighted by atomic mass is 35.5. The normalized spacial score (nSPS) is 14.1. The maximum absolute atomic E-state index is 14.9. The Labute approximate surface area is 265 Å². The number of aliphatic hydroxyl groups excluding tert-OH is 1. The number of halogens is 3. The molecule has 14 heteroatoms. The molecule has 0 radical (unpaired) electrons. The number of carbonyl (C=O) groups excluding carboxylic acids is 3. The summed E-state index contributed by atoms with van der Waals surface area (Å²) in [6.45, 7) is 1.96. The highest BCUT2D eigenvalue weighted by Crippen LogP contribution is 2.34. The van der Waals surface area contributed by atoms with Crippen molar-refractivity contribution in [3.05, 3.63) is 63.8 Å². The second kappa shape index (κ2) is 14.4. The van der Waals surface area contributed by atoms with Crippen LogP contribution in [0, 0.1) is 5.82 Å². The summed E-state index contributed by atoms with van der Waals surface area (Å²) in [5.74, 6) is -1.39. The first-order valence-corrected chi connectivity index (χ1v) is 14.7. The van der Waals surface area contributed by atoms with Gasteiger partial charge in [0.25, 0.3) is 11.8 Å². The quantitative estimate of drug-likeness (QED) is 0.343. The van der Waals surface area contributed by atoms with Crippen LogP contribution in [-0.2, 0) is 11.8 Å². The zero-order chi connectivity index (χ0) is 32.1. The lowest BCUT2D eigenvalue weighted by atomic mass is 10.1. The first-order chi connectivity index (χ1) is 20.9. The molecule has 11 nitrogen and oxygen atoms in total. The monoisotopic (exact) mass is 648 g/mol. The van der Waals surface area contributed by atoms with Gasteiger partial charge in [0.2, 0.25) is 5.91 Å². The van der Waals surface area contributed by atoms with Crippen LogP contribution >= 0.6 is 23.2 Å². The minimum absolute atomic E-state index is 0.0160. The predicted octanol–water partition coefficient (Wildman–Crippen LogP) is 3.78. The molecule has 0 saturated carbocycles. The van der Waals surface area contributed by atoms with E-state index < -0.39 is 17.8 Å². The van der Waals surface area contributed by atoms with Crippen LogP contribution in [0.1, 0.15) is 33.8 Å². The average molecular weight is 650 g/mol. The van der Waals surface area contributed by atoms with Crippen LogP contribution in [-0.4, -0.2) is 107 Å². The fourth-order valence-corrected chi connectivity index (χ4v) is 5.50. The Morgan fingerprint density at radius 3 is 2.43 bits per heavy atom. The van der Waals surface area contributed by atoms with Crippen LogP contribution in [0.15, 0.2) is 36.5 Å².